The molecule has 0 aromatic carbocycles. The second kappa shape index (κ2) is 4.74. The molecule has 0 N–H and O–H groups in total. The summed E-state index contributed by atoms with van der Waals surface area (Å²) in [6.07, 6.45) is 2.67. The molecule has 2 atom stereocenters. The van der Waals surface area contributed by atoms with Crippen LogP contribution in [0.1, 0.15) is 20.3 Å². The summed E-state index contributed by atoms with van der Waals surface area (Å²) in [5, 5.41) is 0. The van der Waals surface area contributed by atoms with Crippen molar-refractivity contribution in [3.63, 3.8) is 0 Å². The molecule has 0 bridgehead atoms. The van der Waals surface area contributed by atoms with E-state index in [2.05, 4.69) is 6.58 Å². The van der Waals surface area contributed by atoms with Gasteiger partial charge in [-0.3, -0.25) is 0 Å². The highest BCUT2D eigenvalue weighted by atomic mass is 16.7. The summed E-state index contributed by atoms with van der Waals surface area (Å²) in [6.45, 7) is 9.36. The summed E-state index contributed by atoms with van der Waals surface area (Å²) in [7, 11) is 0. The quantitative estimate of drug-likeness (QED) is 0.483. The van der Waals surface area contributed by atoms with Crippen molar-refractivity contribution in [2.24, 2.45) is 0 Å². The summed E-state index contributed by atoms with van der Waals surface area (Å²) < 4.78 is 16.4. The Labute approximate surface area is 79.7 Å². The minimum Gasteiger partial charge on any atom is -0.375 e. The van der Waals surface area contributed by atoms with Crippen LogP contribution >= 0.6 is 0 Å². The maximum absolute atomic E-state index is 5.66. The van der Waals surface area contributed by atoms with Crippen LogP contribution in [0, 0.1) is 0 Å². The third kappa shape index (κ3) is 3.10. The largest absolute Gasteiger partial charge is 0.375 e. The zero-order chi connectivity index (χ0) is 9.73. The maximum Gasteiger partial charge on any atom is 0.165 e. The Morgan fingerprint density at radius 2 is 2.46 bits per heavy atom. The first kappa shape index (κ1) is 10.7. The van der Waals surface area contributed by atoms with Crippen molar-refractivity contribution in [1.82, 2.24) is 0 Å². The fraction of sp³-hybridized carbons (Fsp3) is 0.800. The fourth-order valence-corrected chi connectivity index (χ4v) is 1.24. The summed E-state index contributed by atoms with van der Waals surface area (Å²) in [5.41, 5.74) is 0. The van der Waals surface area contributed by atoms with E-state index in [1.165, 1.54) is 0 Å². The predicted molar refractivity (Wildman–Crippen MR) is 50.5 cm³/mol. The first-order valence-corrected chi connectivity index (χ1v) is 4.70. The summed E-state index contributed by atoms with van der Waals surface area (Å²) in [4.78, 5) is 0. The zero-order valence-corrected chi connectivity index (χ0v) is 8.41. The molecule has 0 spiro atoms. The highest BCUT2D eigenvalue weighted by Crippen LogP contribution is 2.26. The Kier molecular flexibility index (Phi) is 3.90. The molecule has 1 aliphatic heterocycles. The third-order valence-corrected chi connectivity index (χ3v) is 2.17. The van der Waals surface area contributed by atoms with E-state index in [-0.39, 0.29) is 6.10 Å². The van der Waals surface area contributed by atoms with Gasteiger partial charge in [0, 0.05) is 0 Å². The van der Waals surface area contributed by atoms with E-state index in [4.69, 9.17) is 14.2 Å². The van der Waals surface area contributed by atoms with Crippen molar-refractivity contribution in [2.45, 2.75) is 32.2 Å². The monoisotopic (exact) mass is 186 g/mol. The highest BCUT2D eigenvalue weighted by molar-refractivity contribution is 4.74. The van der Waals surface area contributed by atoms with Gasteiger partial charge in [0.2, 0.25) is 0 Å². The normalized spacial score (nSPS) is 33.5. The average Bonchev–Trinajstić information content (AvgIpc) is 2.50. The Morgan fingerprint density at radius 1 is 1.69 bits per heavy atom. The minimum atomic E-state index is -0.401. The molecule has 1 heterocycles. The lowest BCUT2D eigenvalue weighted by Gasteiger charge is -2.20. The van der Waals surface area contributed by atoms with E-state index < -0.39 is 5.79 Å². The van der Waals surface area contributed by atoms with E-state index in [9.17, 15) is 0 Å². The van der Waals surface area contributed by atoms with Gasteiger partial charge in [0.15, 0.2) is 5.79 Å². The standard InChI is InChI=1S/C10H18O3/c1-4-6-11-7-9-8-12-10(3,5-2)13-9/h4,9H,1,5-8H2,2-3H3/t9-,10+/m1/s1. The molecule has 0 aromatic heterocycles. The van der Waals surface area contributed by atoms with Gasteiger partial charge in [-0.05, 0) is 13.3 Å². The SMILES string of the molecule is C=CCOC[C@@H]1CO[C@](C)(CC)O1. The molecule has 13 heavy (non-hydrogen) atoms. The second-order valence-electron chi connectivity index (χ2n) is 3.36. The van der Waals surface area contributed by atoms with Gasteiger partial charge in [-0.15, -0.1) is 6.58 Å². The van der Waals surface area contributed by atoms with E-state index in [0.29, 0.717) is 19.8 Å². The second-order valence-corrected chi connectivity index (χ2v) is 3.36. The van der Waals surface area contributed by atoms with Gasteiger partial charge in [0.1, 0.15) is 6.10 Å². The van der Waals surface area contributed by atoms with Gasteiger partial charge in [-0.1, -0.05) is 13.0 Å². The Bertz CT molecular complexity index is 170. The Balaban J connectivity index is 2.21. The van der Waals surface area contributed by atoms with Crippen LogP contribution in [0.2, 0.25) is 0 Å². The predicted octanol–water partition coefficient (Wildman–Crippen LogP) is 1.73. The maximum atomic E-state index is 5.66. The fourth-order valence-electron chi connectivity index (χ4n) is 1.24. The topological polar surface area (TPSA) is 27.7 Å². The number of hydrogen-bond acceptors (Lipinski definition) is 3. The Morgan fingerprint density at radius 3 is 3.00 bits per heavy atom. The lowest BCUT2D eigenvalue weighted by Crippen LogP contribution is -2.26. The van der Waals surface area contributed by atoms with E-state index >= 15 is 0 Å². The first-order valence-electron chi connectivity index (χ1n) is 4.70. The smallest absolute Gasteiger partial charge is 0.165 e. The van der Waals surface area contributed by atoms with Crippen LogP contribution in [-0.2, 0) is 14.2 Å². The van der Waals surface area contributed by atoms with Gasteiger partial charge >= 0.3 is 0 Å². The van der Waals surface area contributed by atoms with Crippen LogP contribution in [0.15, 0.2) is 12.7 Å². The van der Waals surface area contributed by atoms with Gasteiger partial charge in [0.25, 0.3) is 0 Å². The van der Waals surface area contributed by atoms with Crippen LogP contribution in [-0.4, -0.2) is 31.7 Å². The summed E-state index contributed by atoms with van der Waals surface area (Å²) in [6, 6.07) is 0. The molecule has 0 unspecified atom stereocenters. The molecule has 0 saturated carbocycles. The van der Waals surface area contributed by atoms with E-state index in [1.54, 1.807) is 6.08 Å². The van der Waals surface area contributed by atoms with E-state index in [0.717, 1.165) is 6.42 Å². The summed E-state index contributed by atoms with van der Waals surface area (Å²) >= 11 is 0. The number of hydrogen-bond donors (Lipinski definition) is 0. The first-order chi connectivity index (χ1) is 6.20. The molecule has 0 amide bonds. The molecular formula is C10H18O3. The van der Waals surface area contributed by atoms with E-state index in [1.807, 2.05) is 13.8 Å². The molecule has 1 fully saturated rings. The van der Waals surface area contributed by atoms with Crippen LogP contribution < -0.4 is 0 Å². The lowest BCUT2D eigenvalue weighted by atomic mass is 10.2. The van der Waals surface area contributed by atoms with Crippen molar-refractivity contribution in [1.29, 1.82) is 0 Å². The van der Waals surface area contributed by atoms with Crippen molar-refractivity contribution < 1.29 is 14.2 Å². The van der Waals surface area contributed by atoms with Crippen molar-refractivity contribution in [2.75, 3.05) is 19.8 Å². The van der Waals surface area contributed by atoms with Crippen LogP contribution in [0.3, 0.4) is 0 Å². The molecule has 3 nitrogen and oxygen atoms in total. The molecule has 0 aliphatic carbocycles. The van der Waals surface area contributed by atoms with Crippen molar-refractivity contribution in [3.05, 3.63) is 12.7 Å². The van der Waals surface area contributed by atoms with Gasteiger partial charge in [-0.25, -0.2) is 0 Å². The van der Waals surface area contributed by atoms with Gasteiger partial charge < -0.3 is 14.2 Å². The minimum absolute atomic E-state index is 0.0740. The highest BCUT2D eigenvalue weighted by Gasteiger charge is 2.35. The average molecular weight is 186 g/mol. The zero-order valence-electron chi connectivity index (χ0n) is 8.41. The third-order valence-electron chi connectivity index (χ3n) is 2.17. The molecule has 0 radical (unpaired) electrons. The molecule has 1 aliphatic rings. The van der Waals surface area contributed by atoms with Crippen LogP contribution in [0.25, 0.3) is 0 Å². The summed E-state index contributed by atoms with van der Waals surface area (Å²) in [5.74, 6) is -0.401. The van der Waals surface area contributed by atoms with Crippen molar-refractivity contribution in [3.8, 4) is 0 Å². The van der Waals surface area contributed by atoms with Crippen LogP contribution in [0.4, 0.5) is 0 Å². The lowest BCUT2D eigenvalue weighted by molar-refractivity contribution is -0.160. The molecule has 1 rings (SSSR count). The van der Waals surface area contributed by atoms with Crippen LogP contribution in [0.5, 0.6) is 0 Å². The molecule has 1 saturated heterocycles. The van der Waals surface area contributed by atoms with Gasteiger partial charge in [0.05, 0.1) is 19.8 Å². The molecule has 76 valence electrons. The number of ether oxygens (including phenoxy) is 3. The number of rotatable bonds is 5. The van der Waals surface area contributed by atoms with Gasteiger partial charge in [-0.2, -0.15) is 0 Å². The molecule has 0 aromatic rings. The molecular weight excluding hydrogens is 168 g/mol. The molecule has 3 heteroatoms. The van der Waals surface area contributed by atoms with Crippen molar-refractivity contribution >= 4 is 0 Å². The Hall–Kier alpha value is -0.380.